The molecule has 2 rings (SSSR count). The van der Waals surface area contributed by atoms with Crippen LogP contribution in [0, 0.1) is 0 Å². The molecule has 3 heteroatoms. The number of aryl methyl sites for hydroxylation is 1. The van der Waals surface area contributed by atoms with Crippen molar-refractivity contribution in [3.8, 4) is 0 Å². The Morgan fingerprint density at radius 1 is 1.28 bits per heavy atom. The summed E-state index contributed by atoms with van der Waals surface area (Å²) in [7, 11) is 4.06. The van der Waals surface area contributed by atoms with E-state index < -0.39 is 0 Å². The summed E-state index contributed by atoms with van der Waals surface area (Å²) in [5.41, 5.74) is 2.49. The van der Waals surface area contributed by atoms with Gasteiger partial charge in [0, 0.05) is 31.9 Å². The second-order valence-electron chi connectivity index (χ2n) is 4.53. The second-order valence-corrected chi connectivity index (χ2v) is 4.53. The van der Waals surface area contributed by atoms with E-state index in [1.165, 1.54) is 11.1 Å². The average molecular weight is 241 g/mol. The number of likely N-dealkylation sites (N-methyl/N-ethyl adjacent to an activating group) is 1. The van der Waals surface area contributed by atoms with Crippen molar-refractivity contribution in [3.05, 3.63) is 59.9 Å². The summed E-state index contributed by atoms with van der Waals surface area (Å²) in [6.45, 7) is 1.86. The minimum absolute atomic E-state index is 0.924. The van der Waals surface area contributed by atoms with Gasteiger partial charge in [-0.3, -0.25) is 9.58 Å². The summed E-state index contributed by atoms with van der Waals surface area (Å²) >= 11 is 0. The molecular weight excluding hydrogens is 222 g/mol. The van der Waals surface area contributed by atoms with Crippen molar-refractivity contribution < 1.29 is 0 Å². The maximum absolute atomic E-state index is 4.17. The fourth-order valence-electron chi connectivity index (χ4n) is 1.86. The van der Waals surface area contributed by atoms with Crippen LogP contribution in [0.3, 0.4) is 0 Å². The van der Waals surface area contributed by atoms with E-state index in [-0.39, 0.29) is 0 Å². The van der Waals surface area contributed by atoms with Gasteiger partial charge in [-0.2, -0.15) is 5.10 Å². The van der Waals surface area contributed by atoms with Gasteiger partial charge < -0.3 is 0 Å². The van der Waals surface area contributed by atoms with Gasteiger partial charge in [-0.25, -0.2) is 0 Å². The van der Waals surface area contributed by atoms with Crippen LogP contribution in [0.5, 0.6) is 0 Å². The van der Waals surface area contributed by atoms with Crippen LogP contribution in [0.25, 0.3) is 6.08 Å². The monoisotopic (exact) mass is 241 g/mol. The van der Waals surface area contributed by atoms with Crippen molar-refractivity contribution in [3.63, 3.8) is 0 Å². The van der Waals surface area contributed by atoms with Crippen LogP contribution in [0.15, 0.2) is 48.8 Å². The van der Waals surface area contributed by atoms with E-state index >= 15 is 0 Å². The van der Waals surface area contributed by atoms with Gasteiger partial charge in [-0.1, -0.05) is 42.5 Å². The van der Waals surface area contributed by atoms with Crippen molar-refractivity contribution in [1.29, 1.82) is 0 Å². The van der Waals surface area contributed by atoms with E-state index in [1.54, 1.807) is 0 Å². The average Bonchev–Trinajstić information content (AvgIpc) is 2.76. The highest BCUT2D eigenvalue weighted by Crippen LogP contribution is 2.03. The third-order valence-corrected chi connectivity index (χ3v) is 2.74. The summed E-state index contributed by atoms with van der Waals surface area (Å²) < 4.78 is 1.84. The predicted molar refractivity (Wildman–Crippen MR) is 75.0 cm³/mol. The molecule has 1 heterocycles. The highest BCUT2D eigenvalue weighted by Gasteiger charge is 1.99. The number of hydrogen-bond donors (Lipinski definition) is 0. The Bertz CT molecular complexity index is 499. The van der Waals surface area contributed by atoms with Gasteiger partial charge in [0.1, 0.15) is 0 Å². The smallest absolute Gasteiger partial charge is 0.0534 e. The van der Waals surface area contributed by atoms with Gasteiger partial charge in [-0.15, -0.1) is 0 Å². The molecule has 0 aliphatic heterocycles. The standard InChI is InChI=1S/C15H19N3/c1-17(12-15-11-16-18(2)13-15)10-6-9-14-7-4-3-5-8-14/h3-9,11,13H,10,12H2,1-2H3/b9-6+. The summed E-state index contributed by atoms with van der Waals surface area (Å²) in [5, 5.41) is 4.17. The molecule has 1 aromatic carbocycles. The highest BCUT2D eigenvalue weighted by atomic mass is 15.2. The zero-order chi connectivity index (χ0) is 12.8. The van der Waals surface area contributed by atoms with E-state index in [2.05, 4.69) is 59.7 Å². The predicted octanol–water partition coefficient (Wildman–Crippen LogP) is 2.57. The fraction of sp³-hybridized carbons (Fsp3) is 0.267. The molecule has 94 valence electrons. The molecule has 0 N–H and O–H groups in total. The van der Waals surface area contributed by atoms with Gasteiger partial charge in [-0.05, 0) is 12.6 Å². The number of aromatic nitrogens is 2. The zero-order valence-corrected chi connectivity index (χ0v) is 11.0. The lowest BCUT2D eigenvalue weighted by molar-refractivity contribution is 0.364. The Balaban J connectivity index is 1.81. The molecule has 0 atom stereocenters. The molecule has 0 spiro atoms. The molecule has 2 aromatic rings. The number of rotatable bonds is 5. The fourth-order valence-corrected chi connectivity index (χ4v) is 1.86. The molecule has 0 radical (unpaired) electrons. The third-order valence-electron chi connectivity index (χ3n) is 2.74. The van der Waals surface area contributed by atoms with E-state index in [0.717, 1.165) is 13.1 Å². The molecule has 0 aliphatic rings. The summed E-state index contributed by atoms with van der Waals surface area (Å²) in [4.78, 5) is 2.26. The van der Waals surface area contributed by atoms with Gasteiger partial charge in [0.05, 0.1) is 6.20 Å². The van der Waals surface area contributed by atoms with Crippen molar-refractivity contribution in [1.82, 2.24) is 14.7 Å². The first kappa shape index (κ1) is 12.6. The Morgan fingerprint density at radius 3 is 2.72 bits per heavy atom. The number of benzene rings is 1. The van der Waals surface area contributed by atoms with Crippen LogP contribution < -0.4 is 0 Å². The normalized spacial score (nSPS) is 11.5. The lowest BCUT2D eigenvalue weighted by Gasteiger charge is -2.12. The van der Waals surface area contributed by atoms with Crippen LogP contribution in [-0.4, -0.2) is 28.3 Å². The minimum Gasteiger partial charge on any atom is -0.298 e. The minimum atomic E-state index is 0.924. The first-order chi connectivity index (χ1) is 8.74. The number of hydrogen-bond acceptors (Lipinski definition) is 2. The molecule has 0 unspecified atom stereocenters. The Labute approximate surface area is 108 Å². The summed E-state index contributed by atoms with van der Waals surface area (Å²) in [6.07, 6.45) is 8.31. The molecule has 0 amide bonds. The molecular formula is C15H19N3. The van der Waals surface area contributed by atoms with Gasteiger partial charge in [0.15, 0.2) is 0 Å². The maximum Gasteiger partial charge on any atom is 0.0534 e. The Morgan fingerprint density at radius 2 is 2.06 bits per heavy atom. The molecule has 18 heavy (non-hydrogen) atoms. The van der Waals surface area contributed by atoms with E-state index in [0.29, 0.717) is 0 Å². The van der Waals surface area contributed by atoms with Crippen molar-refractivity contribution in [2.24, 2.45) is 7.05 Å². The van der Waals surface area contributed by atoms with Crippen LogP contribution in [0.1, 0.15) is 11.1 Å². The Kier molecular flexibility index (Phi) is 4.31. The third kappa shape index (κ3) is 3.86. The molecule has 0 aliphatic carbocycles. The quantitative estimate of drug-likeness (QED) is 0.802. The highest BCUT2D eigenvalue weighted by molar-refractivity contribution is 5.48. The SMILES string of the molecule is CN(C/C=C/c1ccccc1)Cc1cnn(C)c1. The first-order valence-electron chi connectivity index (χ1n) is 6.12. The van der Waals surface area contributed by atoms with Gasteiger partial charge in [0.2, 0.25) is 0 Å². The molecule has 0 fully saturated rings. The molecule has 0 saturated heterocycles. The van der Waals surface area contributed by atoms with Crippen molar-refractivity contribution in [2.45, 2.75) is 6.54 Å². The molecule has 3 nitrogen and oxygen atoms in total. The van der Waals surface area contributed by atoms with Gasteiger partial charge >= 0.3 is 0 Å². The van der Waals surface area contributed by atoms with Crippen LogP contribution in [-0.2, 0) is 13.6 Å². The Hall–Kier alpha value is -1.87. The van der Waals surface area contributed by atoms with E-state index in [4.69, 9.17) is 0 Å². The number of nitrogens with zero attached hydrogens (tertiary/aromatic N) is 3. The molecule has 1 aromatic heterocycles. The van der Waals surface area contributed by atoms with Crippen molar-refractivity contribution in [2.75, 3.05) is 13.6 Å². The zero-order valence-electron chi connectivity index (χ0n) is 11.0. The lowest BCUT2D eigenvalue weighted by atomic mass is 10.2. The van der Waals surface area contributed by atoms with Crippen LogP contribution in [0.4, 0.5) is 0 Å². The molecule has 0 bridgehead atoms. The van der Waals surface area contributed by atoms with E-state index in [9.17, 15) is 0 Å². The maximum atomic E-state index is 4.17. The largest absolute Gasteiger partial charge is 0.298 e. The van der Waals surface area contributed by atoms with Crippen LogP contribution >= 0.6 is 0 Å². The van der Waals surface area contributed by atoms with E-state index in [1.807, 2.05) is 24.0 Å². The molecule has 0 saturated carbocycles. The van der Waals surface area contributed by atoms with Crippen molar-refractivity contribution >= 4 is 6.08 Å². The lowest BCUT2D eigenvalue weighted by Crippen LogP contribution is -2.17. The summed E-state index contributed by atoms with van der Waals surface area (Å²) in [6, 6.07) is 10.4. The second kappa shape index (κ2) is 6.17. The van der Waals surface area contributed by atoms with Crippen LogP contribution in [0.2, 0.25) is 0 Å². The summed E-state index contributed by atoms with van der Waals surface area (Å²) in [5.74, 6) is 0. The topological polar surface area (TPSA) is 21.1 Å². The van der Waals surface area contributed by atoms with Gasteiger partial charge in [0.25, 0.3) is 0 Å². The first-order valence-corrected chi connectivity index (χ1v) is 6.12.